The fourth-order valence-electron chi connectivity index (χ4n) is 0.673. The van der Waals surface area contributed by atoms with Crippen LogP contribution in [0, 0.1) is 0 Å². The van der Waals surface area contributed by atoms with Gasteiger partial charge in [-0.1, -0.05) is 0 Å². The van der Waals surface area contributed by atoms with E-state index in [1.54, 1.807) is 0 Å². The van der Waals surface area contributed by atoms with E-state index >= 15 is 0 Å². The number of phenols is 2. The minimum absolute atomic E-state index is 0.130. The summed E-state index contributed by atoms with van der Waals surface area (Å²) < 4.78 is 0. The molecule has 0 radical (unpaired) electrons. The van der Waals surface area contributed by atoms with Crippen LogP contribution in [0.2, 0.25) is 0 Å². The van der Waals surface area contributed by atoms with Gasteiger partial charge in [0.05, 0.1) is 19.6 Å². The van der Waals surface area contributed by atoms with E-state index in [2.05, 4.69) is 50.5 Å². The van der Waals surface area contributed by atoms with Gasteiger partial charge in [0.1, 0.15) is 11.5 Å². The third-order valence-corrected chi connectivity index (χ3v) is 3.44. The van der Waals surface area contributed by atoms with Crippen molar-refractivity contribution in [3.05, 3.63) is 0 Å². The molecular weight excluding hydrogens is 232 g/mol. The fraction of sp³-hybridized carbons (Fsp3) is 0. The Bertz CT molecular complexity index is 232. The van der Waals surface area contributed by atoms with Crippen LogP contribution in [0.25, 0.3) is 0 Å². The summed E-state index contributed by atoms with van der Waals surface area (Å²) in [6, 6.07) is 0. The second-order valence-corrected chi connectivity index (χ2v) is 3.88. The molecule has 0 unspecified atom stereocenters. The van der Waals surface area contributed by atoms with Gasteiger partial charge in [0.2, 0.25) is 0 Å². The van der Waals surface area contributed by atoms with E-state index in [0.29, 0.717) is 0 Å². The van der Waals surface area contributed by atoms with Crippen LogP contribution in [0.3, 0.4) is 0 Å². The monoisotopic (exact) mass is 238 g/mol. The van der Waals surface area contributed by atoms with Crippen molar-refractivity contribution in [2.45, 2.75) is 19.6 Å². The molecule has 6 heteroatoms. The highest BCUT2D eigenvalue weighted by molar-refractivity contribution is 7.85. The number of benzene rings is 1. The molecule has 0 aromatic heterocycles. The SMILES string of the molecule is Oc1c(S)c(S)c(O)c(S)c1S. The predicted molar refractivity (Wildman–Crippen MR) is 58.8 cm³/mol. The Hall–Kier alpha value is 0.220. The summed E-state index contributed by atoms with van der Waals surface area (Å²) in [7, 11) is 0. The van der Waals surface area contributed by atoms with Gasteiger partial charge in [-0.05, 0) is 0 Å². The number of rotatable bonds is 0. The van der Waals surface area contributed by atoms with Gasteiger partial charge in [-0.2, -0.15) is 0 Å². The van der Waals surface area contributed by atoms with Crippen molar-refractivity contribution >= 4 is 50.5 Å². The highest BCUT2D eigenvalue weighted by atomic mass is 32.1. The Morgan fingerprint density at radius 3 is 0.917 bits per heavy atom. The van der Waals surface area contributed by atoms with Gasteiger partial charge >= 0.3 is 0 Å². The fourth-order valence-corrected chi connectivity index (χ4v) is 1.72. The molecule has 12 heavy (non-hydrogen) atoms. The Morgan fingerprint density at radius 1 is 0.583 bits per heavy atom. The maximum atomic E-state index is 9.33. The lowest BCUT2D eigenvalue weighted by atomic mass is 10.3. The molecule has 0 aliphatic heterocycles. The van der Waals surface area contributed by atoms with Gasteiger partial charge in [0.25, 0.3) is 0 Å². The van der Waals surface area contributed by atoms with Crippen molar-refractivity contribution in [2.24, 2.45) is 0 Å². The van der Waals surface area contributed by atoms with Crippen LogP contribution in [-0.2, 0) is 0 Å². The predicted octanol–water partition coefficient (Wildman–Crippen LogP) is 2.25. The summed E-state index contributed by atoms with van der Waals surface area (Å²) in [6.45, 7) is 0. The largest absolute Gasteiger partial charge is 0.506 e. The number of thiol groups is 4. The van der Waals surface area contributed by atoms with Crippen LogP contribution in [0.5, 0.6) is 11.5 Å². The van der Waals surface area contributed by atoms with Crippen LogP contribution in [-0.4, -0.2) is 10.2 Å². The van der Waals surface area contributed by atoms with Crippen molar-refractivity contribution in [3.8, 4) is 11.5 Å². The van der Waals surface area contributed by atoms with Gasteiger partial charge in [0, 0.05) is 0 Å². The number of phenolic OH excluding ortho intramolecular Hbond substituents is 2. The molecule has 2 nitrogen and oxygen atoms in total. The maximum Gasteiger partial charge on any atom is 0.144 e. The van der Waals surface area contributed by atoms with Gasteiger partial charge in [-0.15, -0.1) is 50.5 Å². The van der Waals surface area contributed by atoms with Crippen molar-refractivity contribution in [3.63, 3.8) is 0 Å². The molecule has 1 rings (SSSR count). The summed E-state index contributed by atoms with van der Waals surface area (Å²) >= 11 is 15.7. The van der Waals surface area contributed by atoms with Gasteiger partial charge in [-0.25, -0.2) is 0 Å². The average Bonchev–Trinajstić information content (AvgIpc) is 2.08. The van der Waals surface area contributed by atoms with Crippen LogP contribution < -0.4 is 0 Å². The third kappa shape index (κ3) is 1.48. The molecule has 0 aliphatic rings. The molecule has 0 bridgehead atoms. The van der Waals surface area contributed by atoms with Crippen LogP contribution in [0.15, 0.2) is 19.6 Å². The van der Waals surface area contributed by atoms with Crippen LogP contribution in [0.4, 0.5) is 0 Å². The molecule has 1 aromatic carbocycles. The first kappa shape index (κ1) is 10.3. The van der Waals surface area contributed by atoms with Crippen molar-refractivity contribution in [2.75, 3.05) is 0 Å². The summed E-state index contributed by atoms with van der Waals surface area (Å²) in [5, 5.41) is 18.7. The average molecular weight is 238 g/mol. The van der Waals surface area contributed by atoms with E-state index < -0.39 is 0 Å². The van der Waals surface area contributed by atoms with E-state index in [0.717, 1.165) is 0 Å². The van der Waals surface area contributed by atoms with Crippen molar-refractivity contribution in [1.29, 1.82) is 0 Å². The normalized spacial score (nSPS) is 10.3. The Balaban J connectivity index is 3.60. The van der Waals surface area contributed by atoms with Crippen molar-refractivity contribution < 1.29 is 10.2 Å². The first-order valence-electron chi connectivity index (χ1n) is 2.84. The molecule has 0 fully saturated rings. The van der Waals surface area contributed by atoms with E-state index in [-0.39, 0.29) is 31.1 Å². The molecular formula is C6H6O2S4. The first-order valence-corrected chi connectivity index (χ1v) is 4.63. The zero-order valence-electron chi connectivity index (χ0n) is 5.68. The Kier molecular flexibility index (Phi) is 3.03. The number of aromatic hydroxyl groups is 2. The van der Waals surface area contributed by atoms with E-state index in [1.165, 1.54) is 0 Å². The maximum absolute atomic E-state index is 9.33. The molecule has 66 valence electrons. The zero-order valence-corrected chi connectivity index (χ0v) is 9.26. The molecule has 0 spiro atoms. The van der Waals surface area contributed by atoms with E-state index in [9.17, 15) is 10.2 Å². The second-order valence-electron chi connectivity index (χ2n) is 2.09. The highest BCUT2D eigenvalue weighted by Gasteiger charge is 2.15. The summed E-state index contributed by atoms with van der Waals surface area (Å²) in [4.78, 5) is 0.773. The van der Waals surface area contributed by atoms with Crippen LogP contribution in [0.1, 0.15) is 0 Å². The van der Waals surface area contributed by atoms with Gasteiger partial charge in [-0.3, -0.25) is 0 Å². The topological polar surface area (TPSA) is 40.5 Å². The quantitative estimate of drug-likeness (QED) is 0.310. The molecule has 0 saturated heterocycles. The van der Waals surface area contributed by atoms with E-state index in [1.807, 2.05) is 0 Å². The lowest BCUT2D eigenvalue weighted by Gasteiger charge is -2.09. The molecule has 0 aliphatic carbocycles. The van der Waals surface area contributed by atoms with E-state index in [4.69, 9.17) is 0 Å². The summed E-state index contributed by atoms with van der Waals surface area (Å²) in [5.41, 5.74) is 0. The Morgan fingerprint density at radius 2 is 0.750 bits per heavy atom. The number of hydrogen-bond acceptors (Lipinski definition) is 6. The smallest absolute Gasteiger partial charge is 0.144 e. The molecule has 1 aromatic rings. The standard InChI is InChI=1S/C6H6O2S4/c7-1-3(9)5(11)2(8)6(12)4(1)10/h7-12H. The van der Waals surface area contributed by atoms with Gasteiger partial charge < -0.3 is 10.2 Å². The lowest BCUT2D eigenvalue weighted by molar-refractivity contribution is 0.411. The third-order valence-electron chi connectivity index (χ3n) is 1.35. The van der Waals surface area contributed by atoms with Gasteiger partial charge in [0.15, 0.2) is 0 Å². The zero-order chi connectivity index (χ0) is 9.46. The second kappa shape index (κ2) is 3.53. The minimum Gasteiger partial charge on any atom is -0.506 e. The molecule has 0 heterocycles. The molecule has 2 N–H and O–H groups in total. The van der Waals surface area contributed by atoms with Crippen LogP contribution >= 0.6 is 50.5 Å². The van der Waals surface area contributed by atoms with Crippen molar-refractivity contribution in [1.82, 2.24) is 0 Å². The Labute approximate surface area is 91.6 Å². The number of hydrogen-bond donors (Lipinski definition) is 6. The first-order chi connectivity index (χ1) is 5.46. The minimum atomic E-state index is -0.130. The molecule has 0 atom stereocenters. The highest BCUT2D eigenvalue weighted by Crippen LogP contribution is 2.44. The summed E-state index contributed by atoms with van der Waals surface area (Å²) in [5.74, 6) is -0.260. The molecule has 0 saturated carbocycles. The summed E-state index contributed by atoms with van der Waals surface area (Å²) in [6.07, 6.45) is 0. The lowest BCUT2D eigenvalue weighted by Crippen LogP contribution is -1.81. The molecule has 0 amide bonds.